The van der Waals surface area contributed by atoms with Crippen LogP contribution in [0.4, 0.5) is 0 Å². The van der Waals surface area contributed by atoms with Crippen LogP contribution in [0.5, 0.6) is 0 Å². The Morgan fingerprint density at radius 2 is 2.35 bits per heavy atom. The van der Waals surface area contributed by atoms with E-state index in [1.807, 2.05) is 0 Å². The predicted molar refractivity (Wildman–Crippen MR) is 67.9 cm³/mol. The number of H-pyrrole nitrogens is 1. The minimum Gasteiger partial charge on any atom is -0.312 e. The third-order valence-corrected chi connectivity index (χ3v) is 3.37. The van der Waals surface area contributed by atoms with Gasteiger partial charge in [0.2, 0.25) is 0 Å². The van der Waals surface area contributed by atoms with Crippen LogP contribution in [0.1, 0.15) is 44.0 Å². The van der Waals surface area contributed by atoms with Gasteiger partial charge >= 0.3 is 0 Å². The molecule has 0 aliphatic heterocycles. The van der Waals surface area contributed by atoms with E-state index in [2.05, 4.69) is 22.2 Å². The first-order valence-corrected chi connectivity index (χ1v) is 6.57. The van der Waals surface area contributed by atoms with Crippen LogP contribution in [0, 0.1) is 5.92 Å². The summed E-state index contributed by atoms with van der Waals surface area (Å²) in [6.07, 6.45) is 7.61. The molecule has 2 N–H and O–H groups in total. The minimum atomic E-state index is 0.0120. The lowest BCUT2D eigenvalue weighted by molar-refractivity contribution is 0.309. The topological polar surface area (TPSA) is 57.8 Å². The highest BCUT2D eigenvalue weighted by Crippen LogP contribution is 2.28. The number of nitrogens with one attached hydrogen (secondary N) is 2. The highest BCUT2D eigenvalue weighted by Gasteiger charge is 2.18. The van der Waals surface area contributed by atoms with E-state index in [-0.39, 0.29) is 5.56 Å². The van der Waals surface area contributed by atoms with Crippen LogP contribution in [0.3, 0.4) is 0 Å². The molecule has 0 saturated heterocycles. The molecule has 1 saturated carbocycles. The Hall–Kier alpha value is -1.16. The molecule has 0 aromatic carbocycles. The van der Waals surface area contributed by atoms with Gasteiger partial charge in [-0.1, -0.05) is 26.2 Å². The van der Waals surface area contributed by atoms with Gasteiger partial charge in [-0.15, -0.1) is 0 Å². The van der Waals surface area contributed by atoms with Gasteiger partial charge in [-0.25, -0.2) is 4.98 Å². The van der Waals surface area contributed by atoms with Crippen molar-refractivity contribution in [3.63, 3.8) is 0 Å². The van der Waals surface area contributed by atoms with Crippen LogP contribution >= 0.6 is 0 Å². The molecule has 1 aliphatic carbocycles. The first-order chi connectivity index (χ1) is 8.29. The first-order valence-electron chi connectivity index (χ1n) is 6.57. The van der Waals surface area contributed by atoms with Crippen molar-refractivity contribution in [2.24, 2.45) is 5.92 Å². The van der Waals surface area contributed by atoms with Crippen LogP contribution in [-0.4, -0.2) is 16.5 Å². The molecule has 4 heteroatoms. The maximum Gasteiger partial charge on any atom is 0.255 e. The summed E-state index contributed by atoms with van der Waals surface area (Å²) in [7, 11) is 0. The second-order valence-electron chi connectivity index (χ2n) is 4.86. The van der Waals surface area contributed by atoms with Crippen LogP contribution in [0.15, 0.2) is 11.0 Å². The zero-order chi connectivity index (χ0) is 12.1. The fourth-order valence-corrected chi connectivity index (χ4v) is 2.06. The number of aromatic amines is 1. The van der Waals surface area contributed by atoms with E-state index >= 15 is 0 Å². The third kappa shape index (κ3) is 3.40. The Morgan fingerprint density at radius 1 is 1.53 bits per heavy atom. The van der Waals surface area contributed by atoms with Crippen molar-refractivity contribution in [2.75, 3.05) is 6.54 Å². The zero-order valence-corrected chi connectivity index (χ0v) is 10.5. The van der Waals surface area contributed by atoms with E-state index < -0.39 is 0 Å². The fraction of sp³-hybridized carbons (Fsp3) is 0.692. The molecule has 4 nitrogen and oxygen atoms in total. The summed E-state index contributed by atoms with van der Waals surface area (Å²) in [6, 6.07) is 0. The summed E-state index contributed by atoms with van der Waals surface area (Å²) in [5.41, 5.74) is 0.744. The Balaban J connectivity index is 1.93. The van der Waals surface area contributed by atoms with Gasteiger partial charge in [0, 0.05) is 24.7 Å². The molecule has 17 heavy (non-hydrogen) atoms. The molecule has 1 aromatic rings. The zero-order valence-electron chi connectivity index (χ0n) is 10.5. The lowest BCUT2D eigenvalue weighted by atomic mass is 9.83. The SMILES string of the molecule is CCCNCc1cnc(CC2CCC2)[nH]c1=O. The van der Waals surface area contributed by atoms with Gasteiger partial charge < -0.3 is 10.3 Å². The lowest BCUT2D eigenvalue weighted by Gasteiger charge is -2.24. The Morgan fingerprint density at radius 3 is 2.94 bits per heavy atom. The standard InChI is InChI=1S/C13H21N3O/c1-2-6-14-8-11-9-15-12(16-13(11)17)7-10-4-3-5-10/h9-10,14H,2-8H2,1H3,(H,15,16,17). The van der Waals surface area contributed by atoms with Crippen molar-refractivity contribution in [1.29, 1.82) is 0 Å². The molecule has 0 unspecified atom stereocenters. The smallest absolute Gasteiger partial charge is 0.255 e. The first kappa shape index (κ1) is 12.3. The molecule has 1 aromatic heterocycles. The van der Waals surface area contributed by atoms with E-state index in [0.717, 1.165) is 36.7 Å². The third-order valence-electron chi connectivity index (χ3n) is 3.37. The molecule has 0 radical (unpaired) electrons. The van der Waals surface area contributed by atoms with Gasteiger partial charge in [0.25, 0.3) is 5.56 Å². The Labute approximate surface area is 102 Å². The van der Waals surface area contributed by atoms with E-state index in [1.54, 1.807) is 6.20 Å². The molecule has 0 amide bonds. The normalized spacial score (nSPS) is 15.8. The van der Waals surface area contributed by atoms with Crippen LogP contribution in [0.2, 0.25) is 0 Å². The van der Waals surface area contributed by atoms with E-state index in [0.29, 0.717) is 6.54 Å². The van der Waals surface area contributed by atoms with Gasteiger partial charge in [-0.05, 0) is 18.9 Å². The molecule has 0 bridgehead atoms. The summed E-state index contributed by atoms with van der Waals surface area (Å²) in [6.45, 7) is 3.65. The molecule has 1 fully saturated rings. The monoisotopic (exact) mass is 235 g/mol. The van der Waals surface area contributed by atoms with Crippen molar-refractivity contribution in [3.8, 4) is 0 Å². The second-order valence-corrected chi connectivity index (χ2v) is 4.86. The number of hydrogen-bond donors (Lipinski definition) is 2. The summed E-state index contributed by atoms with van der Waals surface area (Å²) >= 11 is 0. The van der Waals surface area contributed by atoms with Gasteiger partial charge in [0.05, 0.1) is 0 Å². The summed E-state index contributed by atoms with van der Waals surface area (Å²) in [5, 5.41) is 3.21. The number of nitrogens with zero attached hydrogens (tertiary/aromatic N) is 1. The van der Waals surface area contributed by atoms with Gasteiger partial charge in [-0.3, -0.25) is 4.79 Å². The average molecular weight is 235 g/mol. The highest BCUT2D eigenvalue weighted by molar-refractivity contribution is 5.06. The number of hydrogen-bond acceptors (Lipinski definition) is 3. The van der Waals surface area contributed by atoms with Crippen molar-refractivity contribution in [2.45, 2.75) is 45.6 Å². The van der Waals surface area contributed by atoms with Crippen molar-refractivity contribution in [1.82, 2.24) is 15.3 Å². The molecular weight excluding hydrogens is 214 g/mol. The molecule has 1 heterocycles. The van der Waals surface area contributed by atoms with Crippen LogP contribution in [-0.2, 0) is 13.0 Å². The van der Waals surface area contributed by atoms with Crippen molar-refractivity contribution < 1.29 is 0 Å². The number of aromatic nitrogens is 2. The molecule has 0 atom stereocenters. The highest BCUT2D eigenvalue weighted by atomic mass is 16.1. The molecular formula is C13H21N3O. The van der Waals surface area contributed by atoms with Crippen LogP contribution < -0.4 is 10.9 Å². The summed E-state index contributed by atoms with van der Waals surface area (Å²) in [4.78, 5) is 19.0. The molecule has 94 valence electrons. The van der Waals surface area contributed by atoms with E-state index in [1.165, 1.54) is 19.3 Å². The van der Waals surface area contributed by atoms with E-state index in [4.69, 9.17) is 0 Å². The van der Waals surface area contributed by atoms with Gasteiger partial charge in [-0.2, -0.15) is 0 Å². The number of rotatable bonds is 6. The average Bonchev–Trinajstić information content (AvgIpc) is 2.27. The fourth-order valence-electron chi connectivity index (χ4n) is 2.06. The predicted octanol–water partition coefficient (Wildman–Crippen LogP) is 1.61. The van der Waals surface area contributed by atoms with Crippen LogP contribution in [0.25, 0.3) is 0 Å². The van der Waals surface area contributed by atoms with E-state index in [9.17, 15) is 4.79 Å². The maximum atomic E-state index is 11.8. The summed E-state index contributed by atoms with van der Waals surface area (Å²) < 4.78 is 0. The second kappa shape index (κ2) is 5.96. The Bertz CT molecular complexity index is 409. The maximum absolute atomic E-state index is 11.8. The largest absolute Gasteiger partial charge is 0.312 e. The summed E-state index contributed by atoms with van der Waals surface area (Å²) in [5.74, 6) is 1.58. The van der Waals surface area contributed by atoms with Gasteiger partial charge in [0.1, 0.15) is 5.82 Å². The van der Waals surface area contributed by atoms with Crippen molar-refractivity contribution in [3.05, 3.63) is 27.9 Å². The lowest BCUT2D eigenvalue weighted by Crippen LogP contribution is -2.24. The Kier molecular flexibility index (Phi) is 4.31. The quantitative estimate of drug-likeness (QED) is 0.737. The van der Waals surface area contributed by atoms with Crippen molar-refractivity contribution >= 4 is 0 Å². The minimum absolute atomic E-state index is 0.0120. The molecule has 0 spiro atoms. The molecule has 2 rings (SSSR count). The van der Waals surface area contributed by atoms with Gasteiger partial charge in [0.15, 0.2) is 0 Å². The molecule has 1 aliphatic rings.